The topological polar surface area (TPSA) is 84.6 Å². The van der Waals surface area contributed by atoms with Crippen LogP contribution in [-0.4, -0.2) is 35.0 Å². The number of hydrogen-bond donors (Lipinski definition) is 3. The quantitative estimate of drug-likeness (QED) is 0.651. The van der Waals surface area contributed by atoms with E-state index in [9.17, 15) is 9.90 Å². The van der Waals surface area contributed by atoms with Crippen LogP contribution < -0.4 is 11.1 Å². The Morgan fingerprint density at radius 3 is 2.00 bits per heavy atom. The molecule has 5 nitrogen and oxygen atoms in total. The zero-order valence-corrected chi connectivity index (χ0v) is 17.0. The van der Waals surface area contributed by atoms with E-state index in [-0.39, 0.29) is 6.04 Å². The molecule has 4 N–H and O–H groups in total. The predicted molar refractivity (Wildman–Crippen MR) is 112 cm³/mol. The van der Waals surface area contributed by atoms with Gasteiger partial charge in [0.15, 0.2) is 0 Å². The lowest BCUT2D eigenvalue weighted by Gasteiger charge is -2.28. The molecule has 0 unspecified atom stereocenters. The van der Waals surface area contributed by atoms with E-state index in [0.717, 1.165) is 11.1 Å². The number of carbonyl (C=O) groups excluding carboxylic acids is 1. The maximum Gasteiger partial charge on any atom is 0.407 e. The molecule has 5 heteroatoms. The Morgan fingerprint density at radius 2 is 1.50 bits per heavy atom. The van der Waals surface area contributed by atoms with Crippen LogP contribution in [0.2, 0.25) is 0 Å². The number of hydrogen-bond acceptors (Lipinski definition) is 4. The molecule has 0 saturated heterocycles. The summed E-state index contributed by atoms with van der Waals surface area (Å²) >= 11 is 0. The fraction of sp³-hybridized carbons (Fsp3) is 0.435. The van der Waals surface area contributed by atoms with Gasteiger partial charge in [0, 0.05) is 6.04 Å². The molecule has 0 radical (unpaired) electrons. The molecule has 2 rings (SSSR count). The molecule has 152 valence electrons. The van der Waals surface area contributed by atoms with E-state index >= 15 is 0 Å². The molecule has 28 heavy (non-hydrogen) atoms. The highest BCUT2D eigenvalue weighted by Gasteiger charge is 2.26. The van der Waals surface area contributed by atoms with Crippen molar-refractivity contribution in [1.29, 1.82) is 0 Å². The molecule has 3 atom stereocenters. The minimum Gasteiger partial charge on any atom is -0.444 e. The zero-order valence-electron chi connectivity index (χ0n) is 17.0. The van der Waals surface area contributed by atoms with Crippen molar-refractivity contribution < 1.29 is 14.6 Å². The first-order valence-corrected chi connectivity index (χ1v) is 9.74. The number of ether oxygens (including phenoxy) is 1. The summed E-state index contributed by atoms with van der Waals surface area (Å²) in [6.07, 6.45) is 0.222. The predicted octanol–water partition coefficient (Wildman–Crippen LogP) is 3.44. The SMILES string of the molecule is CC(C)(C)OC(=O)N[C@@H](Cc1ccccc1)[C@@H](O)C[C@@H](N)Cc1ccccc1. The number of aliphatic hydroxyl groups excluding tert-OH is 1. The molecular formula is C23H32N2O3. The summed E-state index contributed by atoms with van der Waals surface area (Å²) in [5, 5.41) is 13.6. The lowest BCUT2D eigenvalue weighted by Crippen LogP contribution is -2.48. The van der Waals surface area contributed by atoms with Crippen molar-refractivity contribution in [3.63, 3.8) is 0 Å². The van der Waals surface area contributed by atoms with E-state index in [2.05, 4.69) is 5.32 Å². The molecule has 0 aliphatic heterocycles. The van der Waals surface area contributed by atoms with Gasteiger partial charge < -0.3 is 20.9 Å². The number of aliphatic hydroxyl groups is 1. The average molecular weight is 385 g/mol. The smallest absolute Gasteiger partial charge is 0.407 e. The number of amides is 1. The summed E-state index contributed by atoms with van der Waals surface area (Å²) in [4.78, 5) is 12.3. The Balaban J connectivity index is 2.02. The zero-order chi connectivity index (χ0) is 20.6. The second-order valence-electron chi connectivity index (χ2n) is 8.20. The lowest BCUT2D eigenvalue weighted by molar-refractivity contribution is 0.0405. The molecule has 0 aliphatic rings. The molecule has 0 fully saturated rings. The van der Waals surface area contributed by atoms with Gasteiger partial charge in [-0.05, 0) is 51.2 Å². The standard InChI is InChI=1S/C23H32N2O3/c1-23(2,3)28-22(27)25-20(15-18-12-8-5-9-13-18)21(26)16-19(24)14-17-10-6-4-7-11-17/h4-13,19-21,26H,14-16,24H2,1-3H3,(H,25,27)/t19-,20-,21-/m0/s1. The normalized spacial score (nSPS) is 14.8. The van der Waals surface area contributed by atoms with Crippen molar-refractivity contribution in [2.24, 2.45) is 5.73 Å². The number of alkyl carbamates (subject to hydrolysis) is 1. The van der Waals surface area contributed by atoms with Crippen LogP contribution >= 0.6 is 0 Å². The number of carbonyl (C=O) groups is 1. The number of nitrogens with two attached hydrogens (primary N) is 1. The Hall–Kier alpha value is -2.37. The number of rotatable bonds is 8. The van der Waals surface area contributed by atoms with Crippen LogP contribution in [0, 0.1) is 0 Å². The van der Waals surface area contributed by atoms with Gasteiger partial charge in [0.2, 0.25) is 0 Å². The summed E-state index contributed by atoms with van der Waals surface area (Å²) in [6.45, 7) is 5.43. The van der Waals surface area contributed by atoms with Crippen LogP contribution in [0.4, 0.5) is 4.79 Å². The van der Waals surface area contributed by atoms with Gasteiger partial charge >= 0.3 is 6.09 Å². The summed E-state index contributed by atoms with van der Waals surface area (Å²) < 4.78 is 5.36. The monoisotopic (exact) mass is 384 g/mol. The summed E-state index contributed by atoms with van der Waals surface area (Å²) in [5.74, 6) is 0. The largest absolute Gasteiger partial charge is 0.444 e. The Bertz CT molecular complexity index is 714. The summed E-state index contributed by atoms with van der Waals surface area (Å²) in [7, 11) is 0. The lowest BCUT2D eigenvalue weighted by atomic mass is 9.94. The van der Waals surface area contributed by atoms with Gasteiger partial charge in [0.25, 0.3) is 0 Å². The van der Waals surface area contributed by atoms with E-state index in [1.807, 2.05) is 81.4 Å². The van der Waals surface area contributed by atoms with Gasteiger partial charge in [-0.15, -0.1) is 0 Å². The Labute approximate surface area is 167 Å². The van der Waals surface area contributed by atoms with Crippen LogP contribution in [0.5, 0.6) is 0 Å². The Kier molecular flexibility index (Phi) is 8.03. The minimum absolute atomic E-state index is 0.212. The summed E-state index contributed by atoms with van der Waals surface area (Å²) in [5.41, 5.74) is 7.82. The van der Waals surface area contributed by atoms with E-state index < -0.39 is 23.8 Å². The Morgan fingerprint density at radius 1 is 1.00 bits per heavy atom. The van der Waals surface area contributed by atoms with Crippen molar-refractivity contribution in [3.8, 4) is 0 Å². The molecule has 0 bridgehead atoms. The van der Waals surface area contributed by atoms with Gasteiger partial charge in [-0.2, -0.15) is 0 Å². The van der Waals surface area contributed by atoms with E-state index in [4.69, 9.17) is 10.5 Å². The van der Waals surface area contributed by atoms with Crippen LogP contribution in [0.15, 0.2) is 60.7 Å². The highest BCUT2D eigenvalue weighted by atomic mass is 16.6. The molecule has 2 aromatic rings. The highest BCUT2D eigenvalue weighted by molar-refractivity contribution is 5.68. The average Bonchev–Trinajstić information content (AvgIpc) is 2.61. The molecule has 2 aromatic carbocycles. The molecule has 0 aromatic heterocycles. The molecule has 0 spiro atoms. The van der Waals surface area contributed by atoms with E-state index in [0.29, 0.717) is 19.3 Å². The van der Waals surface area contributed by atoms with Crippen LogP contribution in [0.25, 0.3) is 0 Å². The van der Waals surface area contributed by atoms with Crippen LogP contribution in [-0.2, 0) is 17.6 Å². The summed E-state index contributed by atoms with van der Waals surface area (Å²) in [6, 6.07) is 19.0. The maximum atomic E-state index is 12.3. The third kappa shape index (κ3) is 8.11. The van der Waals surface area contributed by atoms with Gasteiger partial charge in [-0.3, -0.25) is 0 Å². The van der Waals surface area contributed by atoms with Gasteiger partial charge in [0.1, 0.15) is 5.60 Å². The van der Waals surface area contributed by atoms with E-state index in [1.54, 1.807) is 0 Å². The van der Waals surface area contributed by atoms with Crippen molar-refractivity contribution in [3.05, 3.63) is 71.8 Å². The molecule has 0 aliphatic carbocycles. The molecule has 1 amide bonds. The number of nitrogens with one attached hydrogen (secondary N) is 1. The fourth-order valence-electron chi connectivity index (χ4n) is 3.08. The van der Waals surface area contributed by atoms with Crippen LogP contribution in [0.1, 0.15) is 38.3 Å². The van der Waals surface area contributed by atoms with Gasteiger partial charge in [0.05, 0.1) is 12.1 Å². The van der Waals surface area contributed by atoms with Crippen molar-refractivity contribution in [2.45, 2.75) is 63.8 Å². The molecule has 0 saturated carbocycles. The minimum atomic E-state index is -0.786. The van der Waals surface area contributed by atoms with Crippen LogP contribution in [0.3, 0.4) is 0 Å². The molecule has 0 heterocycles. The first-order valence-electron chi connectivity index (χ1n) is 9.74. The highest BCUT2D eigenvalue weighted by Crippen LogP contribution is 2.14. The van der Waals surface area contributed by atoms with Crippen molar-refractivity contribution in [1.82, 2.24) is 5.32 Å². The first-order chi connectivity index (χ1) is 13.2. The maximum absolute atomic E-state index is 12.3. The van der Waals surface area contributed by atoms with E-state index in [1.165, 1.54) is 0 Å². The third-order valence-electron chi connectivity index (χ3n) is 4.35. The van der Waals surface area contributed by atoms with Gasteiger partial charge in [-0.1, -0.05) is 60.7 Å². The van der Waals surface area contributed by atoms with Crippen molar-refractivity contribution in [2.75, 3.05) is 0 Å². The van der Waals surface area contributed by atoms with Gasteiger partial charge in [-0.25, -0.2) is 4.79 Å². The van der Waals surface area contributed by atoms with Crippen molar-refractivity contribution >= 4 is 6.09 Å². The number of benzene rings is 2. The second-order valence-corrected chi connectivity index (χ2v) is 8.20. The molecular weight excluding hydrogens is 352 g/mol. The third-order valence-corrected chi connectivity index (χ3v) is 4.35. The second kappa shape index (κ2) is 10.2. The fourth-order valence-corrected chi connectivity index (χ4v) is 3.08. The first kappa shape index (κ1) is 21.9.